The van der Waals surface area contributed by atoms with E-state index in [4.69, 9.17) is 27.9 Å². The second-order valence-corrected chi connectivity index (χ2v) is 7.11. The molecule has 2 aromatic carbocycles. The quantitative estimate of drug-likeness (QED) is 0.194. The molecule has 0 radical (unpaired) electrons. The molecule has 2 rings (SSSR count). The van der Waals surface area contributed by atoms with Crippen molar-refractivity contribution in [3.63, 3.8) is 0 Å². The molecule has 0 heterocycles. The van der Waals surface area contributed by atoms with Crippen molar-refractivity contribution in [2.75, 3.05) is 6.54 Å². The topological polar surface area (TPSA) is 79.2 Å². The molecule has 154 valence electrons. The molecule has 0 aromatic heterocycles. The van der Waals surface area contributed by atoms with E-state index in [0.29, 0.717) is 33.5 Å². The zero-order valence-electron chi connectivity index (χ0n) is 16.3. The highest BCUT2D eigenvalue weighted by Crippen LogP contribution is 2.22. The van der Waals surface area contributed by atoms with Crippen LogP contribution in [0.15, 0.2) is 54.1 Å². The summed E-state index contributed by atoms with van der Waals surface area (Å²) >= 11 is 11.9. The van der Waals surface area contributed by atoms with Gasteiger partial charge in [-0.25, -0.2) is 4.79 Å². The Morgan fingerprint density at radius 1 is 1.17 bits per heavy atom. The van der Waals surface area contributed by atoms with Crippen LogP contribution in [-0.4, -0.2) is 18.4 Å². The van der Waals surface area contributed by atoms with Gasteiger partial charge in [0, 0.05) is 22.7 Å². The number of hydrogen-bond acceptors (Lipinski definition) is 4. The first-order chi connectivity index (χ1) is 14.4. The Morgan fingerprint density at radius 2 is 1.90 bits per heavy atom. The number of esters is 1. The average Bonchev–Trinajstić information content (AvgIpc) is 2.72. The third kappa shape index (κ3) is 7.40. The Bertz CT molecular complexity index is 1010. The van der Waals surface area contributed by atoms with Gasteiger partial charge in [-0.3, -0.25) is 4.79 Å². The van der Waals surface area contributed by atoms with Gasteiger partial charge in [0.25, 0.3) is 5.91 Å². The summed E-state index contributed by atoms with van der Waals surface area (Å²) in [4.78, 5) is 24.0. The summed E-state index contributed by atoms with van der Waals surface area (Å²) in [6, 6.07) is 13.3. The minimum atomic E-state index is -0.572. The van der Waals surface area contributed by atoms with E-state index < -0.39 is 11.9 Å². The first-order valence-corrected chi connectivity index (χ1v) is 10.0. The number of halogens is 2. The predicted molar refractivity (Wildman–Crippen MR) is 119 cm³/mol. The van der Waals surface area contributed by atoms with Crippen LogP contribution in [-0.2, 0) is 9.59 Å². The molecule has 7 heteroatoms. The molecule has 0 bridgehead atoms. The Kier molecular flexibility index (Phi) is 9.14. The summed E-state index contributed by atoms with van der Waals surface area (Å²) in [5, 5.41) is 12.8. The third-order valence-corrected chi connectivity index (χ3v) is 4.51. The molecule has 0 saturated carbocycles. The fourth-order valence-electron chi connectivity index (χ4n) is 2.37. The molecule has 30 heavy (non-hydrogen) atoms. The zero-order chi connectivity index (χ0) is 21.9. The Balaban J connectivity index is 1.99. The van der Waals surface area contributed by atoms with E-state index >= 15 is 0 Å². The molecule has 0 unspecified atom stereocenters. The van der Waals surface area contributed by atoms with Crippen LogP contribution >= 0.6 is 23.2 Å². The van der Waals surface area contributed by atoms with Crippen molar-refractivity contribution in [3.8, 4) is 11.8 Å². The first kappa shape index (κ1) is 23.2. The van der Waals surface area contributed by atoms with Crippen LogP contribution in [0.1, 0.15) is 30.9 Å². The molecule has 1 N–H and O–H groups in total. The van der Waals surface area contributed by atoms with Crippen LogP contribution in [0.4, 0.5) is 0 Å². The van der Waals surface area contributed by atoms with Gasteiger partial charge in [-0.1, -0.05) is 54.7 Å². The summed E-state index contributed by atoms with van der Waals surface area (Å²) in [6.45, 7) is 2.54. The first-order valence-electron chi connectivity index (χ1n) is 9.28. The van der Waals surface area contributed by atoms with E-state index in [9.17, 15) is 14.9 Å². The van der Waals surface area contributed by atoms with Crippen LogP contribution < -0.4 is 10.1 Å². The Labute approximate surface area is 185 Å². The average molecular weight is 443 g/mol. The molecule has 0 aliphatic carbocycles. The molecular formula is C23H20Cl2N2O3. The zero-order valence-corrected chi connectivity index (χ0v) is 17.8. The monoisotopic (exact) mass is 442 g/mol. The Morgan fingerprint density at radius 3 is 2.53 bits per heavy atom. The highest BCUT2D eigenvalue weighted by Gasteiger charge is 2.08. The maximum atomic E-state index is 12.0. The van der Waals surface area contributed by atoms with Crippen LogP contribution in [0.3, 0.4) is 0 Å². The van der Waals surface area contributed by atoms with E-state index in [1.54, 1.807) is 42.5 Å². The Hall–Kier alpha value is -3.07. The van der Waals surface area contributed by atoms with Crippen LogP contribution in [0, 0.1) is 11.3 Å². The van der Waals surface area contributed by atoms with Crippen molar-refractivity contribution in [3.05, 3.63) is 75.3 Å². The second-order valence-electron chi connectivity index (χ2n) is 6.27. The summed E-state index contributed by atoms with van der Waals surface area (Å²) < 4.78 is 5.24. The summed E-state index contributed by atoms with van der Waals surface area (Å²) in [5.74, 6) is -0.653. The summed E-state index contributed by atoms with van der Waals surface area (Å²) in [7, 11) is 0. The van der Waals surface area contributed by atoms with Crippen molar-refractivity contribution < 1.29 is 14.3 Å². The number of benzene rings is 2. The highest BCUT2D eigenvalue weighted by molar-refractivity contribution is 6.35. The van der Waals surface area contributed by atoms with Gasteiger partial charge in [-0.2, -0.15) is 5.26 Å². The van der Waals surface area contributed by atoms with Gasteiger partial charge >= 0.3 is 5.97 Å². The largest absolute Gasteiger partial charge is 0.423 e. The summed E-state index contributed by atoms with van der Waals surface area (Å²) in [5.41, 5.74) is 1.29. The number of hydrogen-bond donors (Lipinski definition) is 1. The van der Waals surface area contributed by atoms with Crippen molar-refractivity contribution in [2.24, 2.45) is 0 Å². The lowest BCUT2D eigenvalue weighted by molar-refractivity contribution is -0.128. The molecule has 2 aromatic rings. The van der Waals surface area contributed by atoms with Crippen molar-refractivity contribution in [2.45, 2.75) is 19.8 Å². The molecule has 0 atom stereocenters. The molecule has 5 nitrogen and oxygen atoms in total. The number of nitrogens with one attached hydrogen (secondary N) is 1. The number of carbonyl (C=O) groups excluding carboxylic acids is 2. The van der Waals surface area contributed by atoms with Crippen molar-refractivity contribution >= 4 is 47.2 Å². The van der Waals surface area contributed by atoms with E-state index in [1.807, 2.05) is 13.0 Å². The molecule has 0 fully saturated rings. The smallest absolute Gasteiger partial charge is 0.336 e. The normalized spacial score (nSPS) is 11.2. The minimum Gasteiger partial charge on any atom is -0.423 e. The number of nitrogens with zero attached hydrogens (tertiary/aromatic N) is 1. The molecule has 0 saturated heterocycles. The fourth-order valence-corrected chi connectivity index (χ4v) is 2.84. The number of rotatable bonds is 8. The SMILES string of the molecule is CCCCNC(=O)/C(C#N)=C/c1ccc(OC(=O)/C=C/c2ccc(Cl)cc2Cl)cc1. The van der Waals surface area contributed by atoms with E-state index in [2.05, 4.69) is 5.32 Å². The maximum absolute atomic E-state index is 12.0. The molecule has 1 amide bonds. The van der Waals surface area contributed by atoms with E-state index in [0.717, 1.165) is 12.8 Å². The fraction of sp³-hybridized carbons (Fsp3) is 0.174. The summed E-state index contributed by atoms with van der Waals surface area (Å²) in [6.07, 6.45) is 6.08. The second kappa shape index (κ2) is 11.8. The minimum absolute atomic E-state index is 0.0126. The van der Waals surface area contributed by atoms with Crippen LogP contribution in [0.2, 0.25) is 10.0 Å². The van der Waals surface area contributed by atoms with Crippen LogP contribution in [0.25, 0.3) is 12.2 Å². The predicted octanol–water partition coefficient (Wildman–Crippen LogP) is 5.44. The number of ether oxygens (including phenoxy) is 1. The van der Waals surface area contributed by atoms with E-state index in [-0.39, 0.29) is 5.57 Å². The van der Waals surface area contributed by atoms with Crippen molar-refractivity contribution in [1.29, 1.82) is 5.26 Å². The number of nitriles is 1. The van der Waals surface area contributed by atoms with Crippen LogP contribution in [0.5, 0.6) is 5.75 Å². The number of unbranched alkanes of at least 4 members (excludes halogenated alkanes) is 1. The molecule has 0 aliphatic heterocycles. The molecule has 0 spiro atoms. The van der Waals surface area contributed by atoms with Gasteiger partial charge in [-0.15, -0.1) is 0 Å². The van der Waals surface area contributed by atoms with E-state index in [1.165, 1.54) is 18.2 Å². The lowest BCUT2D eigenvalue weighted by Crippen LogP contribution is -2.25. The molecular weight excluding hydrogens is 423 g/mol. The van der Waals surface area contributed by atoms with Gasteiger partial charge in [0.05, 0.1) is 0 Å². The standard InChI is InChI=1S/C23H20Cl2N2O3/c1-2-3-12-27-23(29)18(15-26)13-16-4-9-20(10-5-16)30-22(28)11-7-17-6-8-19(24)14-21(17)25/h4-11,13-14H,2-3,12H2,1H3,(H,27,29)/b11-7+,18-13+. The number of amides is 1. The van der Waals surface area contributed by atoms with Gasteiger partial charge < -0.3 is 10.1 Å². The maximum Gasteiger partial charge on any atom is 0.336 e. The van der Waals surface area contributed by atoms with Crippen molar-refractivity contribution in [1.82, 2.24) is 5.32 Å². The van der Waals surface area contributed by atoms with Gasteiger partial charge in [0.2, 0.25) is 0 Å². The molecule has 0 aliphatic rings. The lowest BCUT2D eigenvalue weighted by atomic mass is 10.1. The van der Waals surface area contributed by atoms with Gasteiger partial charge in [-0.05, 0) is 54.0 Å². The number of carbonyl (C=O) groups is 2. The third-order valence-electron chi connectivity index (χ3n) is 3.95. The highest BCUT2D eigenvalue weighted by atomic mass is 35.5. The lowest BCUT2D eigenvalue weighted by Gasteiger charge is -2.04. The van der Waals surface area contributed by atoms with Gasteiger partial charge in [0.1, 0.15) is 17.4 Å². The van der Waals surface area contributed by atoms with Gasteiger partial charge in [0.15, 0.2) is 0 Å².